The Kier molecular flexibility index (Phi) is 5.78. The molecule has 1 unspecified atom stereocenters. The molecule has 0 aromatic heterocycles. The second kappa shape index (κ2) is 6.65. The van der Waals surface area contributed by atoms with Gasteiger partial charge in [-0.25, -0.2) is 0 Å². The Hall–Kier alpha value is 0.230. The van der Waals surface area contributed by atoms with Gasteiger partial charge in [-0.05, 0) is 12.8 Å². The van der Waals surface area contributed by atoms with E-state index in [-0.39, 0.29) is 6.10 Å². The third-order valence-electron chi connectivity index (χ3n) is 2.05. The lowest BCUT2D eigenvalue weighted by atomic mass is 10.2. The van der Waals surface area contributed by atoms with Crippen LogP contribution in [0.1, 0.15) is 12.8 Å². The molecule has 1 aliphatic rings. The van der Waals surface area contributed by atoms with Crippen LogP contribution in [0.5, 0.6) is 0 Å². The topological polar surface area (TPSA) is 38.7 Å². The molecule has 0 aliphatic carbocycles. The highest BCUT2D eigenvalue weighted by Crippen LogP contribution is 2.22. The molecule has 78 valence electrons. The molecule has 1 rings (SSSR count). The molecule has 0 bridgehead atoms. The summed E-state index contributed by atoms with van der Waals surface area (Å²) in [5, 5.41) is 10.1. The van der Waals surface area contributed by atoms with Gasteiger partial charge >= 0.3 is 0 Å². The van der Waals surface area contributed by atoms with Crippen molar-refractivity contribution in [1.29, 1.82) is 0 Å². The van der Waals surface area contributed by atoms with Crippen molar-refractivity contribution >= 4 is 11.8 Å². The first-order chi connectivity index (χ1) is 6.33. The molecule has 4 heteroatoms. The van der Waals surface area contributed by atoms with E-state index < -0.39 is 0 Å². The standard InChI is InChI=1S/C9H18O3S/c1-11-6-8(10)7-13-9-2-4-12-5-3-9/h8-10H,2-7H2,1H3. The monoisotopic (exact) mass is 206 g/mol. The van der Waals surface area contributed by atoms with E-state index in [4.69, 9.17) is 9.47 Å². The smallest absolute Gasteiger partial charge is 0.0863 e. The molecular formula is C9H18O3S. The summed E-state index contributed by atoms with van der Waals surface area (Å²) in [6.45, 7) is 2.19. The Balaban J connectivity index is 2.03. The summed E-state index contributed by atoms with van der Waals surface area (Å²) in [5.74, 6) is 0.776. The predicted molar refractivity (Wildman–Crippen MR) is 54.2 cm³/mol. The first-order valence-corrected chi connectivity index (χ1v) is 5.74. The summed E-state index contributed by atoms with van der Waals surface area (Å²) in [6, 6.07) is 0. The molecule has 0 saturated carbocycles. The van der Waals surface area contributed by atoms with Crippen LogP contribution in [0.2, 0.25) is 0 Å². The van der Waals surface area contributed by atoms with Gasteiger partial charge < -0.3 is 14.6 Å². The van der Waals surface area contributed by atoms with Crippen molar-refractivity contribution in [2.75, 3.05) is 32.7 Å². The number of hydrogen-bond donors (Lipinski definition) is 1. The Morgan fingerprint density at radius 2 is 2.23 bits per heavy atom. The van der Waals surface area contributed by atoms with Crippen molar-refractivity contribution in [2.45, 2.75) is 24.2 Å². The number of methoxy groups -OCH3 is 1. The van der Waals surface area contributed by atoms with Gasteiger partial charge in [0.15, 0.2) is 0 Å². The van der Waals surface area contributed by atoms with Gasteiger partial charge in [-0.1, -0.05) is 0 Å². The molecule has 3 nitrogen and oxygen atoms in total. The first-order valence-electron chi connectivity index (χ1n) is 4.69. The summed E-state index contributed by atoms with van der Waals surface area (Å²) in [7, 11) is 1.61. The summed E-state index contributed by atoms with van der Waals surface area (Å²) in [5.41, 5.74) is 0. The highest BCUT2D eigenvalue weighted by atomic mass is 32.2. The van der Waals surface area contributed by atoms with Gasteiger partial charge in [-0.15, -0.1) is 0 Å². The molecule has 1 aliphatic heterocycles. The maximum Gasteiger partial charge on any atom is 0.0863 e. The van der Waals surface area contributed by atoms with Crippen molar-refractivity contribution < 1.29 is 14.6 Å². The maximum atomic E-state index is 9.40. The molecule has 1 N–H and O–H groups in total. The number of thioether (sulfide) groups is 1. The summed E-state index contributed by atoms with van der Waals surface area (Å²) in [6.07, 6.45) is 1.91. The number of hydrogen-bond acceptors (Lipinski definition) is 4. The highest BCUT2D eigenvalue weighted by Gasteiger charge is 2.15. The fourth-order valence-corrected chi connectivity index (χ4v) is 2.45. The predicted octanol–water partition coefficient (Wildman–Crippen LogP) is 0.906. The van der Waals surface area contributed by atoms with Gasteiger partial charge in [0.2, 0.25) is 0 Å². The van der Waals surface area contributed by atoms with Crippen molar-refractivity contribution in [3.8, 4) is 0 Å². The molecule has 1 fully saturated rings. The third-order valence-corrected chi connectivity index (χ3v) is 3.57. The SMILES string of the molecule is COCC(O)CSC1CCOCC1. The zero-order chi connectivity index (χ0) is 9.52. The van der Waals surface area contributed by atoms with Gasteiger partial charge in [-0.2, -0.15) is 11.8 Å². The zero-order valence-electron chi connectivity index (χ0n) is 8.07. The van der Waals surface area contributed by atoms with Crippen molar-refractivity contribution in [3.05, 3.63) is 0 Å². The fourth-order valence-electron chi connectivity index (χ4n) is 1.33. The number of aliphatic hydroxyl groups excluding tert-OH is 1. The minimum absolute atomic E-state index is 0.321. The quantitative estimate of drug-likeness (QED) is 0.725. The van der Waals surface area contributed by atoms with Crippen molar-refractivity contribution in [3.63, 3.8) is 0 Å². The van der Waals surface area contributed by atoms with Gasteiger partial charge in [0, 0.05) is 31.3 Å². The van der Waals surface area contributed by atoms with Gasteiger partial charge in [0.25, 0.3) is 0 Å². The van der Waals surface area contributed by atoms with E-state index >= 15 is 0 Å². The van der Waals surface area contributed by atoms with Crippen LogP contribution in [0, 0.1) is 0 Å². The van der Waals surface area contributed by atoms with E-state index in [2.05, 4.69) is 0 Å². The minimum atomic E-state index is -0.321. The number of ether oxygens (including phenoxy) is 2. The lowest BCUT2D eigenvalue weighted by Gasteiger charge is -2.22. The molecule has 13 heavy (non-hydrogen) atoms. The Bertz CT molecular complexity index is 126. The number of rotatable bonds is 5. The largest absolute Gasteiger partial charge is 0.390 e. The van der Waals surface area contributed by atoms with E-state index in [0.29, 0.717) is 11.9 Å². The fraction of sp³-hybridized carbons (Fsp3) is 1.00. The van der Waals surface area contributed by atoms with Crippen LogP contribution < -0.4 is 0 Å². The Labute approximate surface area is 83.8 Å². The first kappa shape index (κ1) is 11.3. The van der Waals surface area contributed by atoms with Crippen LogP contribution in [0.3, 0.4) is 0 Å². The second-order valence-electron chi connectivity index (χ2n) is 3.25. The highest BCUT2D eigenvalue weighted by molar-refractivity contribution is 7.99. The van der Waals surface area contributed by atoms with E-state index in [1.165, 1.54) is 0 Å². The van der Waals surface area contributed by atoms with Crippen LogP contribution in [0.25, 0.3) is 0 Å². The van der Waals surface area contributed by atoms with E-state index in [0.717, 1.165) is 31.8 Å². The second-order valence-corrected chi connectivity index (χ2v) is 4.59. The van der Waals surface area contributed by atoms with Crippen LogP contribution in [0.15, 0.2) is 0 Å². The molecule has 1 atom stereocenters. The van der Waals surface area contributed by atoms with Gasteiger partial charge in [0.1, 0.15) is 0 Å². The van der Waals surface area contributed by atoms with Crippen molar-refractivity contribution in [2.24, 2.45) is 0 Å². The Morgan fingerprint density at radius 3 is 2.85 bits per heavy atom. The summed E-state index contributed by atoms with van der Waals surface area (Å²) >= 11 is 1.84. The van der Waals surface area contributed by atoms with Crippen molar-refractivity contribution in [1.82, 2.24) is 0 Å². The third kappa shape index (κ3) is 4.86. The van der Waals surface area contributed by atoms with Gasteiger partial charge in [-0.3, -0.25) is 0 Å². The molecule has 0 aromatic carbocycles. The Morgan fingerprint density at radius 1 is 1.54 bits per heavy atom. The molecule has 0 amide bonds. The maximum absolute atomic E-state index is 9.40. The summed E-state index contributed by atoms with van der Waals surface area (Å²) in [4.78, 5) is 0. The van der Waals surface area contributed by atoms with E-state index in [1.807, 2.05) is 11.8 Å². The van der Waals surface area contributed by atoms with E-state index in [1.54, 1.807) is 7.11 Å². The minimum Gasteiger partial charge on any atom is -0.390 e. The average Bonchev–Trinajstić information content (AvgIpc) is 2.17. The molecule has 0 aromatic rings. The van der Waals surface area contributed by atoms with E-state index in [9.17, 15) is 5.11 Å². The molecule has 1 saturated heterocycles. The lowest BCUT2D eigenvalue weighted by molar-refractivity contribution is 0.0786. The molecule has 0 radical (unpaired) electrons. The average molecular weight is 206 g/mol. The van der Waals surface area contributed by atoms with Crippen LogP contribution in [-0.2, 0) is 9.47 Å². The normalized spacial score (nSPS) is 21.7. The molecule has 1 heterocycles. The van der Waals surface area contributed by atoms with Crippen LogP contribution >= 0.6 is 11.8 Å². The van der Waals surface area contributed by atoms with Crippen LogP contribution in [-0.4, -0.2) is 49.1 Å². The summed E-state index contributed by atoms with van der Waals surface area (Å²) < 4.78 is 10.1. The van der Waals surface area contributed by atoms with Gasteiger partial charge in [0.05, 0.1) is 12.7 Å². The number of aliphatic hydroxyl groups is 1. The van der Waals surface area contributed by atoms with Crippen LogP contribution in [0.4, 0.5) is 0 Å². The zero-order valence-corrected chi connectivity index (χ0v) is 8.89. The molecule has 0 spiro atoms. The molecular weight excluding hydrogens is 188 g/mol. The lowest BCUT2D eigenvalue weighted by Crippen LogP contribution is -2.22.